The van der Waals surface area contributed by atoms with Gasteiger partial charge in [-0.2, -0.15) is 0 Å². The fourth-order valence-electron chi connectivity index (χ4n) is 3.00. The Hall–Kier alpha value is -0.850. The monoisotopic (exact) mass is 328 g/mol. The number of rotatable bonds is 4. The van der Waals surface area contributed by atoms with Crippen molar-refractivity contribution in [3.05, 3.63) is 0 Å². The molecule has 23 heavy (non-hydrogen) atoms. The molecule has 2 saturated heterocycles. The number of morpholine rings is 1. The highest BCUT2D eigenvalue weighted by Gasteiger charge is 2.39. The van der Waals surface area contributed by atoms with E-state index in [0.717, 1.165) is 32.7 Å². The van der Waals surface area contributed by atoms with E-state index >= 15 is 0 Å². The van der Waals surface area contributed by atoms with Crippen LogP contribution in [0.3, 0.4) is 0 Å². The largest absolute Gasteiger partial charge is 0.444 e. The summed E-state index contributed by atoms with van der Waals surface area (Å²) in [5.41, 5.74) is -0.773. The second-order valence-corrected chi connectivity index (χ2v) is 7.80. The van der Waals surface area contributed by atoms with Gasteiger partial charge in [-0.25, -0.2) is 4.79 Å². The minimum absolute atomic E-state index is 0.121. The number of hydrogen-bond acceptors (Lipinski definition) is 5. The van der Waals surface area contributed by atoms with Crippen LogP contribution in [0.2, 0.25) is 0 Å². The Morgan fingerprint density at radius 1 is 1.35 bits per heavy atom. The van der Waals surface area contributed by atoms with Crippen LogP contribution in [0.15, 0.2) is 0 Å². The van der Waals surface area contributed by atoms with Crippen LogP contribution in [0.4, 0.5) is 4.79 Å². The van der Waals surface area contributed by atoms with Crippen LogP contribution in [0.25, 0.3) is 0 Å². The topological polar surface area (TPSA) is 51.2 Å². The highest BCUT2D eigenvalue weighted by atomic mass is 16.6. The molecule has 0 aliphatic carbocycles. The van der Waals surface area contributed by atoms with Crippen molar-refractivity contribution in [2.75, 3.05) is 45.9 Å². The second-order valence-electron chi connectivity index (χ2n) is 7.80. The van der Waals surface area contributed by atoms with Gasteiger partial charge in [0.2, 0.25) is 0 Å². The van der Waals surface area contributed by atoms with Crippen molar-refractivity contribution in [1.82, 2.24) is 9.80 Å². The van der Waals surface area contributed by atoms with Gasteiger partial charge >= 0.3 is 6.09 Å². The van der Waals surface area contributed by atoms with Gasteiger partial charge in [0.1, 0.15) is 5.60 Å². The van der Waals surface area contributed by atoms with Crippen molar-refractivity contribution in [3.63, 3.8) is 0 Å². The molecule has 2 fully saturated rings. The minimum Gasteiger partial charge on any atom is -0.444 e. The molecule has 1 amide bonds. The zero-order valence-corrected chi connectivity index (χ0v) is 15.3. The SMILES string of the molecule is CCN1CCOC(COC2(C)CCN(C(=O)OC(C)(C)C)C2)C1. The molecular formula is C17H32N2O4. The molecule has 0 aromatic carbocycles. The van der Waals surface area contributed by atoms with Gasteiger partial charge in [0.05, 0.1) is 31.5 Å². The molecule has 2 heterocycles. The summed E-state index contributed by atoms with van der Waals surface area (Å²) in [4.78, 5) is 16.3. The number of likely N-dealkylation sites (tertiary alicyclic amines) is 1. The van der Waals surface area contributed by atoms with Gasteiger partial charge in [0.15, 0.2) is 0 Å². The van der Waals surface area contributed by atoms with E-state index in [9.17, 15) is 4.79 Å². The lowest BCUT2D eigenvalue weighted by Crippen LogP contribution is -2.46. The first-order chi connectivity index (χ1) is 10.7. The Labute approximate surface area is 140 Å². The molecule has 0 bridgehead atoms. The first-order valence-electron chi connectivity index (χ1n) is 8.67. The molecular weight excluding hydrogens is 296 g/mol. The van der Waals surface area contributed by atoms with E-state index in [1.807, 2.05) is 20.8 Å². The van der Waals surface area contributed by atoms with Crippen LogP contribution < -0.4 is 0 Å². The highest BCUT2D eigenvalue weighted by molar-refractivity contribution is 5.68. The second kappa shape index (κ2) is 7.36. The molecule has 0 saturated carbocycles. The molecule has 2 atom stereocenters. The van der Waals surface area contributed by atoms with Crippen LogP contribution in [0, 0.1) is 0 Å². The van der Waals surface area contributed by atoms with Crippen molar-refractivity contribution in [1.29, 1.82) is 0 Å². The van der Waals surface area contributed by atoms with Gasteiger partial charge in [-0.3, -0.25) is 4.90 Å². The maximum atomic E-state index is 12.2. The number of hydrogen-bond donors (Lipinski definition) is 0. The summed E-state index contributed by atoms with van der Waals surface area (Å²) in [6.07, 6.45) is 0.697. The summed E-state index contributed by atoms with van der Waals surface area (Å²) in [5.74, 6) is 0. The molecule has 0 radical (unpaired) electrons. The lowest BCUT2D eigenvalue weighted by Gasteiger charge is -2.34. The predicted molar refractivity (Wildman–Crippen MR) is 88.6 cm³/mol. The molecule has 6 heteroatoms. The molecule has 0 aromatic heterocycles. The average molecular weight is 328 g/mol. The first-order valence-corrected chi connectivity index (χ1v) is 8.67. The zero-order valence-electron chi connectivity index (χ0n) is 15.3. The van der Waals surface area contributed by atoms with E-state index in [2.05, 4.69) is 18.7 Å². The summed E-state index contributed by atoms with van der Waals surface area (Å²) < 4.78 is 17.4. The lowest BCUT2D eigenvalue weighted by atomic mass is 10.1. The van der Waals surface area contributed by atoms with Gasteiger partial charge in [0.25, 0.3) is 0 Å². The van der Waals surface area contributed by atoms with Crippen LogP contribution >= 0.6 is 0 Å². The smallest absolute Gasteiger partial charge is 0.410 e. The standard InChI is InChI=1S/C17H32N2O4/c1-6-18-9-10-21-14(11-18)12-22-17(5)7-8-19(13-17)15(20)23-16(2,3)4/h14H,6-13H2,1-5H3. The number of nitrogens with zero attached hydrogens (tertiary/aromatic N) is 2. The Bertz CT molecular complexity index is 410. The third kappa shape index (κ3) is 5.62. The molecule has 0 spiro atoms. The average Bonchev–Trinajstić information content (AvgIpc) is 2.87. The quantitative estimate of drug-likeness (QED) is 0.791. The van der Waals surface area contributed by atoms with Crippen LogP contribution in [0.5, 0.6) is 0 Å². The molecule has 2 unspecified atom stereocenters. The summed E-state index contributed by atoms with van der Waals surface area (Å²) in [6.45, 7) is 15.5. The fourth-order valence-corrected chi connectivity index (χ4v) is 3.00. The Balaban J connectivity index is 1.78. The van der Waals surface area contributed by atoms with E-state index < -0.39 is 5.60 Å². The van der Waals surface area contributed by atoms with Gasteiger partial charge in [0, 0.05) is 19.6 Å². The number of carbonyl (C=O) groups is 1. The number of carbonyl (C=O) groups excluding carboxylic acids is 1. The van der Waals surface area contributed by atoms with E-state index in [4.69, 9.17) is 14.2 Å². The van der Waals surface area contributed by atoms with Crippen molar-refractivity contribution < 1.29 is 19.0 Å². The maximum Gasteiger partial charge on any atom is 0.410 e. The lowest BCUT2D eigenvalue weighted by molar-refractivity contribution is -0.109. The van der Waals surface area contributed by atoms with Gasteiger partial charge in [-0.1, -0.05) is 6.92 Å². The first kappa shape index (κ1) is 18.5. The number of likely N-dealkylation sites (N-methyl/N-ethyl adjacent to an activating group) is 1. The Kier molecular flexibility index (Phi) is 5.92. The maximum absolute atomic E-state index is 12.2. The summed E-state index contributed by atoms with van der Waals surface area (Å²) >= 11 is 0. The molecule has 134 valence electrons. The minimum atomic E-state index is -0.462. The van der Waals surface area contributed by atoms with Crippen molar-refractivity contribution in [3.8, 4) is 0 Å². The molecule has 2 aliphatic heterocycles. The van der Waals surface area contributed by atoms with E-state index in [1.165, 1.54) is 0 Å². The molecule has 6 nitrogen and oxygen atoms in total. The van der Waals surface area contributed by atoms with E-state index in [0.29, 0.717) is 19.7 Å². The summed E-state index contributed by atoms with van der Waals surface area (Å²) in [5, 5.41) is 0. The molecule has 0 N–H and O–H groups in total. The van der Waals surface area contributed by atoms with Crippen LogP contribution in [-0.4, -0.2) is 79.1 Å². The molecule has 2 rings (SSSR count). The summed E-state index contributed by atoms with van der Waals surface area (Å²) in [6, 6.07) is 0. The van der Waals surface area contributed by atoms with Crippen molar-refractivity contribution in [2.45, 2.75) is 58.3 Å². The van der Waals surface area contributed by atoms with Crippen molar-refractivity contribution in [2.24, 2.45) is 0 Å². The van der Waals surface area contributed by atoms with Gasteiger partial charge in [-0.05, 0) is 40.7 Å². The fraction of sp³-hybridized carbons (Fsp3) is 0.941. The van der Waals surface area contributed by atoms with E-state index in [1.54, 1.807) is 4.90 Å². The molecule has 0 aromatic rings. The predicted octanol–water partition coefficient (Wildman–Crippen LogP) is 2.12. The normalized spacial score (nSPS) is 29.8. The van der Waals surface area contributed by atoms with Crippen LogP contribution in [-0.2, 0) is 14.2 Å². The highest BCUT2D eigenvalue weighted by Crippen LogP contribution is 2.27. The number of amides is 1. The zero-order chi connectivity index (χ0) is 17.1. The van der Waals surface area contributed by atoms with Gasteiger partial charge in [-0.15, -0.1) is 0 Å². The van der Waals surface area contributed by atoms with Crippen LogP contribution in [0.1, 0.15) is 41.0 Å². The van der Waals surface area contributed by atoms with E-state index in [-0.39, 0.29) is 17.8 Å². The number of ether oxygens (including phenoxy) is 3. The third-order valence-electron chi connectivity index (χ3n) is 4.38. The molecule has 2 aliphatic rings. The van der Waals surface area contributed by atoms with Gasteiger partial charge < -0.3 is 19.1 Å². The van der Waals surface area contributed by atoms with Crippen molar-refractivity contribution >= 4 is 6.09 Å². The Morgan fingerprint density at radius 3 is 2.74 bits per heavy atom. The summed E-state index contributed by atoms with van der Waals surface area (Å²) in [7, 11) is 0. The Morgan fingerprint density at radius 2 is 2.09 bits per heavy atom. The third-order valence-corrected chi connectivity index (χ3v) is 4.38.